The lowest BCUT2D eigenvalue weighted by molar-refractivity contribution is 0.199. The van der Waals surface area contributed by atoms with Crippen LogP contribution in [-0.4, -0.2) is 10.1 Å². The molecule has 1 aromatic heterocycles. The number of hydrogen-bond acceptors (Lipinski definition) is 3. The minimum atomic E-state index is -0.414. The van der Waals surface area contributed by atoms with Crippen molar-refractivity contribution in [2.45, 2.75) is 19.6 Å². The van der Waals surface area contributed by atoms with E-state index in [4.69, 9.17) is 0 Å². The second-order valence-electron chi connectivity index (χ2n) is 4.01. The van der Waals surface area contributed by atoms with Crippen LogP contribution in [0.4, 0.5) is 5.69 Å². The number of pyridine rings is 1. The number of hydrogen-bond donors (Lipinski definition) is 2. The number of anilines is 1. The molecule has 0 aliphatic rings. The Morgan fingerprint density at radius 2 is 2.00 bits per heavy atom. The van der Waals surface area contributed by atoms with Crippen LogP contribution in [-0.2, 0) is 6.54 Å². The summed E-state index contributed by atoms with van der Waals surface area (Å²) in [6.07, 6.45) is 3.19. The van der Waals surface area contributed by atoms with Crippen LogP contribution in [0.1, 0.15) is 24.2 Å². The van der Waals surface area contributed by atoms with Crippen molar-refractivity contribution in [3.05, 3.63) is 59.9 Å². The van der Waals surface area contributed by atoms with E-state index in [0.29, 0.717) is 0 Å². The number of rotatable bonds is 4. The van der Waals surface area contributed by atoms with Gasteiger partial charge in [-0.3, -0.25) is 4.98 Å². The van der Waals surface area contributed by atoms with E-state index in [2.05, 4.69) is 10.3 Å². The molecular weight excluding hydrogens is 212 g/mol. The lowest BCUT2D eigenvalue weighted by atomic mass is 10.1. The summed E-state index contributed by atoms with van der Waals surface area (Å²) < 4.78 is 0. The van der Waals surface area contributed by atoms with E-state index >= 15 is 0 Å². The fraction of sp³-hybridized carbons (Fsp3) is 0.214. The number of nitrogens with zero attached hydrogens (tertiary/aromatic N) is 1. The molecule has 3 nitrogen and oxygen atoms in total. The fourth-order valence-corrected chi connectivity index (χ4v) is 1.59. The van der Waals surface area contributed by atoms with Crippen LogP contribution in [0.3, 0.4) is 0 Å². The van der Waals surface area contributed by atoms with Crippen LogP contribution in [0, 0.1) is 0 Å². The quantitative estimate of drug-likeness (QED) is 0.845. The van der Waals surface area contributed by atoms with Crippen LogP contribution < -0.4 is 5.32 Å². The summed E-state index contributed by atoms with van der Waals surface area (Å²) in [5.74, 6) is 0. The maximum Gasteiger partial charge on any atom is 0.0761 e. The Hall–Kier alpha value is -1.87. The highest BCUT2D eigenvalue weighted by molar-refractivity contribution is 5.45. The molecule has 1 atom stereocenters. The van der Waals surface area contributed by atoms with Gasteiger partial charge in [0, 0.05) is 24.6 Å². The van der Waals surface area contributed by atoms with Gasteiger partial charge in [0.05, 0.1) is 6.10 Å². The molecule has 0 bridgehead atoms. The Morgan fingerprint density at radius 3 is 2.59 bits per heavy atom. The molecule has 0 saturated carbocycles. The van der Waals surface area contributed by atoms with Gasteiger partial charge in [-0.1, -0.05) is 18.2 Å². The smallest absolute Gasteiger partial charge is 0.0761 e. The molecule has 3 heteroatoms. The van der Waals surface area contributed by atoms with Gasteiger partial charge in [0.25, 0.3) is 0 Å². The molecule has 0 aliphatic carbocycles. The van der Waals surface area contributed by atoms with E-state index in [1.54, 1.807) is 13.1 Å². The van der Waals surface area contributed by atoms with Gasteiger partial charge in [0.1, 0.15) is 0 Å². The molecule has 1 heterocycles. The first-order chi connectivity index (χ1) is 8.25. The van der Waals surface area contributed by atoms with E-state index in [0.717, 1.165) is 23.4 Å². The topological polar surface area (TPSA) is 45.1 Å². The summed E-state index contributed by atoms with van der Waals surface area (Å²) in [5, 5.41) is 12.7. The zero-order valence-corrected chi connectivity index (χ0v) is 9.80. The lowest BCUT2D eigenvalue weighted by Gasteiger charge is -2.08. The molecule has 0 spiro atoms. The SMILES string of the molecule is CC(O)c1ccc(NCc2cccnc2)cc1. The van der Waals surface area contributed by atoms with Gasteiger partial charge in [-0.2, -0.15) is 0 Å². The van der Waals surface area contributed by atoms with Crippen molar-refractivity contribution in [2.24, 2.45) is 0 Å². The van der Waals surface area contributed by atoms with Crippen molar-refractivity contribution in [3.63, 3.8) is 0 Å². The molecule has 2 N–H and O–H groups in total. The summed E-state index contributed by atoms with van der Waals surface area (Å²) in [6.45, 7) is 2.51. The van der Waals surface area contributed by atoms with E-state index in [1.807, 2.05) is 42.6 Å². The third kappa shape index (κ3) is 3.29. The van der Waals surface area contributed by atoms with Gasteiger partial charge in [-0.25, -0.2) is 0 Å². The van der Waals surface area contributed by atoms with Crippen LogP contribution in [0.25, 0.3) is 0 Å². The lowest BCUT2D eigenvalue weighted by Crippen LogP contribution is -2.00. The van der Waals surface area contributed by atoms with Gasteiger partial charge in [0.15, 0.2) is 0 Å². The van der Waals surface area contributed by atoms with Gasteiger partial charge < -0.3 is 10.4 Å². The molecular formula is C14H16N2O. The van der Waals surface area contributed by atoms with Crippen molar-refractivity contribution in [1.29, 1.82) is 0 Å². The van der Waals surface area contributed by atoms with Crippen LogP contribution in [0.15, 0.2) is 48.8 Å². The van der Waals surface area contributed by atoms with Gasteiger partial charge in [-0.05, 0) is 36.2 Å². The van der Waals surface area contributed by atoms with E-state index in [9.17, 15) is 5.11 Å². The summed E-state index contributed by atoms with van der Waals surface area (Å²) in [4.78, 5) is 4.06. The average Bonchev–Trinajstić information content (AvgIpc) is 2.38. The van der Waals surface area contributed by atoms with Gasteiger partial charge in [0.2, 0.25) is 0 Å². The van der Waals surface area contributed by atoms with Crippen molar-refractivity contribution in [1.82, 2.24) is 4.98 Å². The van der Waals surface area contributed by atoms with Crippen molar-refractivity contribution in [2.75, 3.05) is 5.32 Å². The Kier molecular flexibility index (Phi) is 3.73. The average molecular weight is 228 g/mol. The summed E-state index contributed by atoms with van der Waals surface area (Å²) in [5.41, 5.74) is 3.11. The highest BCUT2D eigenvalue weighted by Gasteiger charge is 1.99. The molecule has 0 fully saturated rings. The number of aliphatic hydroxyl groups excluding tert-OH is 1. The first-order valence-corrected chi connectivity index (χ1v) is 5.66. The van der Waals surface area contributed by atoms with Crippen molar-refractivity contribution < 1.29 is 5.11 Å². The molecule has 2 rings (SSSR count). The predicted octanol–water partition coefficient (Wildman–Crippen LogP) is 2.75. The van der Waals surface area contributed by atoms with E-state index in [-0.39, 0.29) is 0 Å². The number of aliphatic hydroxyl groups is 1. The van der Waals surface area contributed by atoms with Crippen molar-refractivity contribution in [3.8, 4) is 0 Å². The monoisotopic (exact) mass is 228 g/mol. The van der Waals surface area contributed by atoms with E-state index in [1.165, 1.54) is 0 Å². The highest BCUT2D eigenvalue weighted by Crippen LogP contribution is 2.16. The standard InChI is InChI=1S/C14H16N2O/c1-11(17)13-4-6-14(7-5-13)16-10-12-3-2-8-15-9-12/h2-9,11,16-17H,10H2,1H3. The number of benzene rings is 1. The Bertz CT molecular complexity index is 451. The zero-order chi connectivity index (χ0) is 12.1. The predicted molar refractivity (Wildman–Crippen MR) is 68.6 cm³/mol. The Labute approximate surface area is 101 Å². The maximum atomic E-state index is 9.39. The van der Waals surface area contributed by atoms with Crippen LogP contribution >= 0.6 is 0 Å². The molecule has 2 aromatic rings. The molecule has 0 aliphatic heterocycles. The molecule has 1 aromatic carbocycles. The molecule has 1 unspecified atom stereocenters. The second-order valence-corrected chi connectivity index (χ2v) is 4.01. The molecule has 88 valence electrons. The molecule has 0 radical (unpaired) electrons. The van der Waals surface area contributed by atoms with Crippen molar-refractivity contribution >= 4 is 5.69 Å². The third-order valence-electron chi connectivity index (χ3n) is 2.61. The minimum absolute atomic E-state index is 0.414. The normalized spacial score (nSPS) is 12.1. The molecule has 17 heavy (non-hydrogen) atoms. The summed E-state index contributed by atoms with van der Waals surface area (Å²) in [7, 11) is 0. The number of nitrogens with one attached hydrogen (secondary N) is 1. The highest BCUT2D eigenvalue weighted by atomic mass is 16.3. The van der Waals surface area contributed by atoms with Crippen LogP contribution in [0.5, 0.6) is 0 Å². The molecule has 0 saturated heterocycles. The largest absolute Gasteiger partial charge is 0.389 e. The second kappa shape index (κ2) is 5.46. The fourth-order valence-electron chi connectivity index (χ4n) is 1.59. The minimum Gasteiger partial charge on any atom is -0.389 e. The maximum absolute atomic E-state index is 9.39. The first-order valence-electron chi connectivity index (χ1n) is 5.66. The van der Waals surface area contributed by atoms with Gasteiger partial charge >= 0.3 is 0 Å². The zero-order valence-electron chi connectivity index (χ0n) is 9.80. The Balaban J connectivity index is 1.96. The van der Waals surface area contributed by atoms with E-state index < -0.39 is 6.10 Å². The summed E-state index contributed by atoms with van der Waals surface area (Å²) >= 11 is 0. The number of aromatic nitrogens is 1. The first kappa shape index (κ1) is 11.6. The van der Waals surface area contributed by atoms with Gasteiger partial charge in [-0.15, -0.1) is 0 Å². The summed E-state index contributed by atoms with van der Waals surface area (Å²) in [6, 6.07) is 11.8. The molecule has 0 amide bonds. The third-order valence-corrected chi connectivity index (χ3v) is 2.61. The van der Waals surface area contributed by atoms with Crippen LogP contribution in [0.2, 0.25) is 0 Å². The Morgan fingerprint density at radius 1 is 1.24 bits per heavy atom.